The van der Waals surface area contributed by atoms with Gasteiger partial charge in [-0.25, -0.2) is 13.8 Å². The van der Waals surface area contributed by atoms with Crippen molar-refractivity contribution < 1.29 is 22.8 Å². The Morgan fingerprint density at radius 3 is 2.62 bits per heavy atom. The van der Waals surface area contributed by atoms with Crippen molar-refractivity contribution in [3.8, 4) is 11.3 Å². The lowest BCUT2D eigenvalue weighted by atomic mass is 9.88. The summed E-state index contributed by atoms with van der Waals surface area (Å²) in [6.07, 6.45) is 3.63. The van der Waals surface area contributed by atoms with Gasteiger partial charge < -0.3 is 18.9 Å². The predicted molar refractivity (Wildman–Crippen MR) is 164 cm³/mol. The Balaban J connectivity index is 1.41. The number of nitrogens with one attached hydrogen (secondary N) is 1. The number of furan rings is 1. The van der Waals surface area contributed by atoms with E-state index in [9.17, 15) is 18.4 Å². The maximum atomic E-state index is 13.7. The molecule has 1 aliphatic heterocycles. The molecule has 3 aromatic carbocycles. The van der Waals surface area contributed by atoms with Crippen LogP contribution in [-0.4, -0.2) is 55.1 Å². The van der Waals surface area contributed by atoms with E-state index in [1.807, 2.05) is 34.6 Å². The highest BCUT2D eigenvalue weighted by molar-refractivity contribution is 7.99. The van der Waals surface area contributed by atoms with E-state index in [0.29, 0.717) is 56.2 Å². The van der Waals surface area contributed by atoms with Gasteiger partial charge in [-0.05, 0) is 66.9 Å². The Hall–Kier alpha value is -3.96. The highest BCUT2D eigenvalue weighted by Gasteiger charge is 2.31. The topological polar surface area (TPSA) is 78.7 Å². The second kappa shape index (κ2) is 11.4. The quantitative estimate of drug-likeness (QED) is 0.208. The number of nitrogens with zero attached hydrogens (tertiary/aromatic N) is 3. The van der Waals surface area contributed by atoms with Gasteiger partial charge in [0.15, 0.2) is 5.01 Å². The lowest BCUT2D eigenvalue weighted by molar-refractivity contribution is 0.0707. The number of halogens is 2. The van der Waals surface area contributed by atoms with Crippen LogP contribution in [0.1, 0.15) is 44.5 Å². The second-order valence-electron chi connectivity index (χ2n) is 10.2. The zero-order valence-electron chi connectivity index (χ0n) is 23.2. The highest BCUT2D eigenvalue weighted by Crippen LogP contribution is 2.42. The van der Waals surface area contributed by atoms with Crippen LogP contribution in [-0.2, 0) is 0 Å². The first-order valence-corrected chi connectivity index (χ1v) is 15.5. The fraction of sp³-hybridized carbons (Fsp3) is 0.258. The molecule has 2 aromatic heterocycles. The molecule has 1 saturated heterocycles. The number of fused-ring (bicyclic) bond motifs is 2. The molecule has 1 atom stereocenters. The molecule has 2 amide bonds. The number of likely N-dealkylation sites (tertiary alicyclic amines) is 1. The number of carbonyl (C=O) groups excluding carboxylic acids is 2. The molecule has 11 heteroatoms. The number of benzene rings is 3. The zero-order chi connectivity index (χ0) is 29.5. The Kier molecular flexibility index (Phi) is 7.63. The molecule has 0 saturated carbocycles. The third kappa shape index (κ3) is 5.11. The Morgan fingerprint density at radius 2 is 1.88 bits per heavy atom. The molecule has 0 spiro atoms. The number of hydrogen-bond acceptors (Lipinski definition) is 7. The maximum Gasteiger partial charge on any atom is 0.282 e. The van der Waals surface area contributed by atoms with Crippen LogP contribution in [0.4, 0.5) is 14.5 Å². The summed E-state index contributed by atoms with van der Waals surface area (Å²) in [5, 5.41) is 3.71. The van der Waals surface area contributed by atoms with E-state index >= 15 is 0 Å². The normalized spacial score (nSPS) is 15.4. The second-order valence-corrected chi connectivity index (χ2v) is 12.1. The average Bonchev–Trinajstić information content (AvgIpc) is 3.60. The third-order valence-corrected chi connectivity index (χ3v) is 9.44. The SMILES string of the molecule is CNC(=O)c1c(-c2ccc(F)cc2)oc2cc(N(C)SC)c([C@H]3CCCN(C(=O)c4nc5ccc(F)cc5s4)C3)cc12. The molecule has 5 aromatic rings. The van der Waals surface area contributed by atoms with E-state index in [-0.39, 0.29) is 29.4 Å². The van der Waals surface area contributed by atoms with Gasteiger partial charge in [0.05, 0.1) is 21.5 Å². The van der Waals surface area contributed by atoms with Crippen LogP contribution in [0, 0.1) is 11.6 Å². The zero-order valence-corrected chi connectivity index (χ0v) is 24.9. The summed E-state index contributed by atoms with van der Waals surface area (Å²) in [5.74, 6) is -0.857. The Labute approximate surface area is 249 Å². The number of amides is 2. The first-order valence-electron chi connectivity index (χ1n) is 13.5. The van der Waals surface area contributed by atoms with Crippen molar-refractivity contribution in [2.45, 2.75) is 18.8 Å². The van der Waals surface area contributed by atoms with E-state index in [0.717, 1.165) is 24.1 Å². The summed E-state index contributed by atoms with van der Waals surface area (Å²) in [6, 6.07) is 14.1. The Morgan fingerprint density at radius 1 is 1.12 bits per heavy atom. The van der Waals surface area contributed by atoms with Gasteiger partial charge in [-0.2, -0.15) is 0 Å². The number of anilines is 1. The number of rotatable bonds is 6. The van der Waals surface area contributed by atoms with Crippen LogP contribution in [0.25, 0.3) is 32.5 Å². The molecule has 0 aliphatic carbocycles. The molecule has 3 heterocycles. The molecular formula is C31H28F2N4O3S2. The summed E-state index contributed by atoms with van der Waals surface area (Å²) in [5.41, 5.74) is 4.04. The van der Waals surface area contributed by atoms with E-state index in [2.05, 4.69) is 10.3 Å². The largest absolute Gasteiger partial charge is 0.455 e. The lowest BCUT2D eigenvalue weighted by Crippen LogP contribution is -2.39. The minimum absolute atomic E-state index is 0.00904. The number of aromatic nitrogens is 1. The van der Waals surface area contributed by atoms with Crippen LogP contribution in [0.2, 0.25) is 0 Å². The van der Waals surface area contributed by atoms with Gasteiger partial charge in [0.2, 0.25) is 0 Å². The summed E-state index contributed by atoms with van der Waals surface area (Å²) in [4.78, 5) is 33.0. The molecule has 0 unspecified atom stereocenters. The van der Waals surface area contributed by atoms with Crippen LogP contribution < -0.4 is 9.62 Å². The summed E-state index contributed by atoms with van der Waals surface area (Å²) < 4.78 is 36.3. The lowest BCUT2D eigenvalue weighted by Gasteiger charge is -2.34. The van der Waals surface area contributed by atoms with Gasteiger partial charge in [-0.3, -0.25) is 9.59 Å². The van der Waals surface area contributed by atoms with Crippen LogP contribution in [0.15, 0.2) is 59.0 Å². The maximum absolute atomic E-state index is 13.7. The molecule has 6 rings (SSSR count). The number of carbonyl (C=O) groups is 2. The van der Waals surface area contributed by atoms with Gasteiger partial charge in [-0.1, -0.05) is 11.9 Å². The van der Waals surface area contributed by atoms with Crippen molar-refractivity contribution in [3.05, 3.63) is 82.4 Å². The molecule has 1 N–H and O–H groups in total. The van der Waals surface area contributed by atoms with Crippen molar-refractivity contribution in [2.24, 2.45) is 0 Å². The van der Waals surface area contributed by atoms with Gasteiger partial charge in [-0.15, -0.1) is 11.3 Å². The van der Waals surface area contributed by atoms with Gasteiger partial charge in [0, 0.05) is 56.4 Å². The number of hydrogen-bond donors (Lipinski definition) is 1. The van der Waals surface area contributed by atoms with E-state index in [1.165, 1.54) is 35.6 Å². The molecule has 216 valence electrons. The molecule has 1 fully saturated rings. The number of piperidine rings is 1. The van der Waals surface area contributed by atoms with E-state index in [4.69, 9.17) is 4.42 Å². The van der Waals surface area contributed by atoms with Crippen molar-refractivity contribution in [2.75, 3.05) is 37.7 Å². The summed E-state index contributed by atoms with van der Waals surface area (Å²) >= 11 is 2.74. The molecule has 1 aliphatic rings. The van der Waals surface area contributed by atoms with Crippen LogP contribution >= 0.6 is 23.3 Å². The molecular weight excluding hydrogens is 578 g/mol. The minimum atomic E-state index is -0.378. The third-order valence-electron chi connectivity index (χ3n) is 7.69. The van der Waals surface area contributed by atoms with E-state index < -0.39 is 0 Å². The van der Waals surface area contributed by atoms with Crippen molar-refractivity contribution >= 4 is 62.0 Å². The monoisotopic (exact) mass is 606 g/mol. The Bertz CT molecular complexity index is 1820. The van der Waals surface area contributed by atoms with Gasteiger partial charge in [0.1, 0.15) is 23.0 Å². The van der Waals surface area contributed by atoms with Crippen LogP contribution in [0.3, 0.4) is 0 Å². The van der Waals surface area contributed by atoms with Crippen molar-refractivity contribution in [1.29, 1.82) is 0 Å². The van der Waals surface area contributed by atoms with Crippen molar-refractivity contribution in [1.82, 2.24) is 15.2 Å². The minimum Gasteiger partial charge on any atom is -0.455 e. The number of thiazole rings is 1. The molecule has 0 radical (unpaired) electrons. The molecule has 0 bridgehead atoms. The first kappa shape index (κ1) is 28.2. The molecule has 7 nitrogen and oxygen atoms in total. The fourth-order valence-corrected chi connectivity index (χ4v) is 6.86. The van der Waals surface area contributed by atoms with E-state index in [1.54, 1.807) is 37.2 Å². The summed E-state index contributed by atoms with van der Waals surface area (Å²) in [6.45, 7) is 1.07. The highest BCUT2D eigenvalue weighted by atomic mass is 32.2. The van der Waals surface area contributed by atoms with Crippen LogP contribution in [0.5, 0.6) is 0 Å². The van der Waals surface area contributed by atoms with Gasteiger partial charge in [0.25, 0.3) is 11.8 Å². The average molecular weight is 607 g/mol. The van der Waals surface area contributed by atoms with Gasteiger partial charge >= 0.3 is 0 Å². The predicted octanol–water partition coefficient (Wildman–Crippen LogP) is 7.08. The summed E-state index contributed by atoms with van der Waals surface area (Å²) in [7, 11) is 3.53. The smallest absolute Gasteiger partial charge is 0.282 e. The van der Waals surface area contributed by atoms with Crippen molar-refractivity contribution in [3.63, 3.8) is 0 Å². The molecule has 42 heavy (non-hydrogen) atoms. The first-order chi connectivity index (χ1) is 20.3. The fourth-order valence-electron chi connectivity index (χ4n) is 5.54. The standard InChI is InChI=1S/C31H28F2N4O3S2/c1-34-29(38)27-22-14-21(24(36(2)41-3)15-25(22)40-28(27)17-6-8-19(32)9-7-17)18-5-4-12-37(16-18)31(39)30-35-23-11-10-20(33)13-26(23)42-30/h6-11,13-15,18H,4-5,12,16H2,1-3H3,(H,34,38)/t18-/m0/s1.